The molecule has 0 unspecified atom stereocenters. The number of rotatable bonds is 1. The van der Waals surface area contributed by atoms with Crippen molar-refractivity contribution in [1.82, 2.24) is 0 Å². The fourth-order valence-corrected chi connectivity index (χ4v) is 1.61. The fourth-order valence-electron chi connectivity index (χ4n) is 1.12. The van der Waals surface area contributed by atoms with Gasteiger partial charge in [-0.3, -0.25) is 0 Å². The fraction of sp³-hybridized carbons (Fsp3) is 0.333. The Morgan fingerprint density at radius 1 is 1.23 bits per heavy atom. The standard InChI is InChI=1S/C9H12Cl2N2/c1-9(2,13)6-3-5(10)4-7(11)8(6)12/h3-4H,12-13H2,1-2H3. The topological polar surface area (TPSA) is 52.0 Å². The van der Waals surface area contributed by atoms with Gasteiger partial charge < -0.3 is 11.5 Å². The summed E-state index contributed by atoms with van der Waals surface area (Å²) in [7, 11) is 0. The molecule has 0 aromatic heterocycles. The van der Waals surface area contributed by atoms with Crippen molar-refractivity contribution in [2.24, 2.45) is 5.73 Å². The van der Waals surface area contributed by atoms with Gasteiger partial charge in [0.2, 0.25) is 0 Å². The van der Waals surface area contributed by atoms with Crippen LogP contribution in [0.4, 0.5) is 5.69 Å². The van der Waals surface area contributed by atoms with Crippen LogP contribution in [0.5, 0.6) is 0 Å². The van der Waals surface area contributed by atoms with E-state index in [1.165, 1.54) is 0 Å². The summed E-state index contributed by atoms with van der Waals surface area (Å²) in [6, 6.07) is 3.34. The van der Waals surface area contributed by atoms with Crippen LogP contribution in [-0.4, -0.2) is 0 Å². The summed E-state index contributed by atoms with van der Waals surface area (Å²) in [5.41, 5.74) is 12.4. The summed E-state index contributed by atoms with van der Waals surface area (Å²) < 4.78 is 0. The second kappa shape index (κ2) is 3.37. The summed E-state index contributed by atoms with van der Waals surface area (Å²) in [5, 5.41) is 0.994. The van der Waals surface area contributed by atoms with E-state index < -0.39 is 5.54 Å². The molecule has 0 heterocycles. The Hall–Kier alpha value is -0.440. The van der Waals surface area contributed by atoms with Gasteiger partial charge in [0.1, 0.15) is 0 Å². The summed E-state index contributed by atoms with van der Waals surface area (Å²) >= 11 is 11.7. The highest BCUT2D eigenvalue weighted by Gasteiger charge is 2.19. The molecule has 0 saturated heterocycles. The van der Waals surface area contributed by atoms with E-state index in [4.69, 9.17) is 34.7 Å². The van der Waals surface area contributed by atoms with Gasteiger partial charge in [0.05, 0.1) is 10.7 Å². The first-order valence-corrected chi connectivity index (χ1v) is 4.62. The van der Waals surface area contributed by atoms with Crippen LogP contribution >= 0.6 is 23.2 Å². The van der Waals surface area contributed by atoms with E-state index in [0.717, 1.165) is 5.56 Å². The minimum atomic E-state index is -0.529. The molecule has 0 amide bonds. The number of anilines is 1. The molecule has 0 fully saturated rings. The Bertz CT molecular complexity index is 329. The third-order valence-electron chi connectivity index (χ3n) is 1.79. The Labute approximate surface area is 87.8 Å². The molecule has 4 heteroatoms. The molecule has 4 N–H and O–H groups in total. The van der Waals surface area contributed by atoms with Crippen LogP contribution in [0.15, 0.2) is 12.1 Å². The van der Waals surface area contributed by atoms with Gasteiger partial charge in [0.25, 0.3) is 0 Å². The average Bonchev–Trinajstić information content (AvgIpc) is 1.94. The van der Waals surface area contributed by atoms with E-state index in [0.29, 0.717) is 15.7 Å². The monoisotopic (exact) mass is 218 g/mol. The number of hydrogen-bond donors (Lipinski definition) is 2. The van der Waals surface area contributed by atoms with Crippen molar-refractivity contribution in [3.8, 4) is 0 Å². The number of benzene rings is 1. The molecule has 0 saturated carbocycles. The van der Waals surface area contributed by atoms with Crippen molar-refractivity contribution in [1.29, 1.82) is 0 Å². The molecule has 0 bridgehead atoms. The maximum absolute atomic E-state index is 5.90. The molecule has 2 nitrogen and oxygen atoms in total. The number of hydrogen-bond acceptors (Lipinski definition) is 2. The summed E-state index contributed by atoms with van der Waals surface area (Å²) in [4.78, 5) is 0. The third-order valence-corrected chi connectivity index (χ3v) is 2.32. The van der Waals surface area contributed by atoms with Crippen LogP contribution in [0.2, 0.25) is 10.0 Å². The molecule has 0 spiro atoms. The first kappa shape index (κ1) is 10.6. The zero-order valence-electron chi connectivity index (χ0n) is 7.57. The van der Waals surface area contributed by atoms with Crippen LogP contribution in [0.3, 0.4) is 0 Å². The molecule has 0 atom stereocenters. The second-order valence-electron chi connectivity index (χ2n) is 3.57. The lowest BCUT2D eigenvalue weighted by molar-refractivity contribution is 0.557. The highest BCUT2D eigenvalue weighted by molar-refractivity contribution is 6.36. The number of nitrogen functional groups attached to an aromatic ring is 1. The van der Waals surface area contributed by atoms with Crippen molar-refractivity contribution >= 4 is 28.9 Å². The van der Waals surface area contributed by atoms with E-state index in [1.807, 2.05) is 13.8 Å². The van der Waals surface area contributed by atoms with Gasteiger partial charge in [-0.1, -0.05) is 23.2 Å². The van der Waals surface area contributed by atoms with Crippen molar-refractivity contribution in [2.75, 3.05) is 5.73 Å². The van der Waals surface area contributed by atoms with E-state index in [-0.39, 0.29) is 0 Å². The molecule has 1 aromatic rings. The van der Waals surface area contributed by atoms with Crippen molar-refractivity contribution in [3.63, 3.8) is 0 Å². The summed E-state index contributed by atoms with van der Waals surface area (Å²) in [5.74, 6) is 0. The first-order chi connectivity index (χ1) is 5.82. The lowest BCUT2D eigenvalue weighted by Crippen LogP contribution is -2.29. The largest absolute Gasteiger partial charge is 0.397 e. The number of nitrogens with two attached hydrogens (primary N) is 2. The molecule has 0 aliphatic heterocycles. The van der Waals surface area contributed by atoms with E-state index in [2.05, 4.69) is 0 Å². The summed E-state index contributed by atoms with van der Waals surface area (Å²) in [6.45, 7) is 3.71. The Balaban J connectivity index is 3.37. The maximum Gasteiger partial charge on any atom is 0.0653 e. The average molecular weight is 219 g/mol. The normalized spacial score (nSPS) is 11.8. The second-order valence-corrected chi connectivity index (χ2v) is 4.41. The maximum atomic E-state index is 5.90. The molecule has 13 heavy (non-hydrogen) atoms. The van der Waals surface area contributed by atoms with Crippen LogP contribution in [0.1, 0.15) is 19.4 Å². The highest BCUT2D eigenvalue weighted by atomic mass is 35.5. The van der Waals surface area contributed by atoms with Crippen LogP contribution in [0.25, 0.3) is 0 Å². The molecule has 0 aliphatic rings. The van der Waals surface area contributed by atoms with Gasteiger partial charge >= 0.3 is 0 Å². The Kier molecular flexibility index (Phi) is 2.76. The molecular formula is C9H12Cl2N2. The minimum absolute atomic E-state index is 0.445. The van der Waals surface area contributed by atoms with Gasteiger partial charge in [-0.25, -0.2) is 0 Å². The predicted molar refractivity (Wildman–Crippen MR) is 58.1 cm³/mol. The number of halogens is 2. The lowest BCUT2D eigenvalue weighted by atomic mass is 9.94. The zero-order chi connectivity index (χ0) is 10.2. The molecule has 0 aliphatic carbocycles. The third kappa shape index (κ3) is 2.27. The lowest BCUT2D eigenvalue weighted by Gasteiger charge is -2.22. The summed E-state index contributed by atoms with van der Waals surface area (Å²) in [6.07, 6.45) is 0. The van der Waals surface area contributed by atoms with E-state index >= 15 is 0 Å². The van der Waals surface area contributed by atoms with Crippen molar-refractivity contribution in [3.05, 3.63) is 27.7 Å². The molecule has 1 rings (SSSR count). The van der Waals surface area contributed by atoms with Crippen LogP contribution < -0.4 is 11.5 Å². The predicted octanol–water partition coefficient (Wildman–Crippen LogP) is 2.77. The molecule has 0 radical (unpaired) electrons. The highest BCUT2D eigenvalue weighted by Crippen LogP contribution is 2.32. The van der Waals surface area contributed by atoms with Crippen molar-refractivity contribution in [2.45, 2.75) is 19.4 Å². The van der Waals surface area contributed by atoms with Gasteiger partial charge in [-0.2, -0.15) is 0 Å². The van der Waals surface area contributed by atoms with Gasteiger partial charge in [0.15, 0.2) is 0 Å². The van der Waals surface area contributed by atoms with E-state index in [1.54, 1.807) is 12.1 Å². The minimum Gasteiger partial charge on any atom is -0.397 e. The molecule has 1 aromatic carbocycles. The first-order valence-electron chi connectivity index (χ1n) is 3.86. The smallest absolute Gasteiger partial charge is 0.0653 e. The Morgan fingerprint density at radius 3 is 2.23 bits per heavy atom. The Morgan fingerprint density at radius 2 is 1.77 bits per heavy atom. The zero-order valence-corrected chi connectivity index (χ0v) is 9.08. The van der Waals surface area contributed by atoms with Crippen LogP contribution in [-0.2, 0) is 5.54 Å². The SMILES string of the molecule is CC(C)(N)c1cc(Cl)cc(Cl)c1N. The van der Waals surface area contributed by atoms with Crippen molar-refractivity contribution < 1.29 is 0 Å². The van der Waals surface area contributed by atoms with Gasteiger partial charge in [0, 0.05) is 10.6 Å². The van der Waals surface area contributed by atoms with Gasteiger partial charge in [-0.05, 0) is 31.5 Å². The van der Waals surface area contributed by atoms with Gasteiger partial charge in [-0.15, -0.1) is 0 Å². The van der Waals surface area contributed by atoms with E-state index in [9.17, 15) is 0 Å². The molecule has 72 valence electrons. The van der Waals surface area contributed by atoms with Crippen LogP contribution in [0, 0.1) is 0 Å². The molecular weight excluding hydrogens is 207 g/mol. The quantitative estimate of drug-likeness (QED) is 0.713.